The Labute approximate surface area is 110 Å². The van der Waals surface area contributed by atoms with Gasteiger partial charge in [-0.05, 0) is 22.6 Å². The van der Waals surface area contributed by atoms with Crippen LogP contribution >= 0.6 is 11.6 Å². The maximum absolute atomic E-state index is 13.7. The highest BCUT2D eigenvalue weighted by molar-refractivity contribution is 6.30. The Kier molecular flexibility index (Phi) is 3.72. The number of rotatable bonds is 4. The summed E-state index contributed by atoms with van der Waals surface area (Å²) >= 11 is 5.54. The van der Waals surface area contributed by atoms with Gasteiger partial charge < -0.3 is 5.11 Å². The predicted octanol–water partition coefficient (Wildman–Crippen LogP) is 1.62. The topological polar surface area (TPSA) is 63.8 Å². The fourth-order valence-electron chi connectivity index (χ4n) is 1.61. The second-order valence-electron chi connectivity index (χ2n) is 3.86. The molecule has 1 aromatic heterocycles. The molecule has 1 N–H and O–H groups in total. The van der Waals surface area contributed by atoms with Crippen molar-refractivity contribution < 1.29 is 18.3 Å². The fraction of sp³-hybridized carbons (Fsp3) is 0.300. The molecule has 0 saturated carbocycles. The smallest absolute Gasteiger partial charge is 0.272 e. The molecule has 0 radical (unpaired) electrons. The van der Waals surface area contributed by atoms with Crippen molar-refractivity contribution in [3.63, 3.8) is 0 Å². The molecule has 0 aliphatic carbocycles. The molecule has 1 aromatic carbocycles. The molecule has 2 aromatic rings. The highest BCUT2D eigenvalue weighted by Crippen LogP contribution is 2.33. The van der Waals surface area contributed by atoms with Gasteiger partial charge in [-0.1, -0.05) is 17.7 Å². The number of nitrogens with zero attached hydrogens (tertiary/aromatic N) is 4. The third-order valence-corrected chi connectivity index (χ3v) is 2.79. The predicted molar refractivity (Wildman–Crippen MR) is 59.1 cm³/mol. The van der Waals surface area contributed by atoms with Gasteiger partial charge in [0, 0.05) is 10.6 Å². The minimum Gasteiger partial charge on any atom is -0.377 e. The van der Waals surface area contributed by atoms with Gasteiger partial charge in [0.15, 0.2) is 5.60 Å². The minimum absolute atomic E-state index is 0.0419. The molecule has 2 rings (SSSR count). The summed E-state index contributed by atoms with van der Waals surface area (Å²) in [4.78, 5) is 0. The van der Waals surface area contributed by atoms with Gasteiger partial charge in [-0.15, -0.1) is 5.10 Å². The number of tetrazole rings is 1. The fourth-order valence-corrected chi connectivity index (χ4v) is 1.77. The van der Waals surface area contributed by atoms with Crippen LogP contribution in [-0.2, 0) is 12.1 Å². The van der Waals surface area contributed by atoms with E-state index in [-0.39, 0.29) is 5.02 Å². The molecule has 1 atom stereocenters. The zero-order valence-corrected chi connectivity index (χ0v) is 10.1. The van der Waals surface area contributed by atoms with Crippen molar-refractivity contribution in [2.45, 2.75) is 18.6 Å². The highest BCUT2D eigenvalue weighted by Gasteiger charge is 2.42. The van der Waals surface area contributed by atoms with Gasteiger partial charge >= 0.3 is 0 Å². The van der Waals surface area contributed by atoms with Crippen molar-refractivity contribution in [2.24, 2.45) is 0 Å². The Morgan fingerprint density at radius 2 is 2.16 bits per heavy atom. The van der Waals surface area contributed by atoms with E-state index in [9.17, 15) is 18.3 Å². The van der Waals surface area contributed by atoms with Crippen LogP contribution in [0, 0.1) is 5.82 Å². The molecule has 0 aliphatic rings. The number of hydrogen-bond donors (Lipinski definition) is 1. The van der Waals surface area contributed by atoms with Crippen molar-refractivity contribution in [3.05, 3.63) is 40.9 Å². The van der Waals surface area contributed by atoms with Crippen LogP contribution in [0.3, 0.4) is 0 Å². The normalized spacial score (nSPS) is 14.6. The van der Waals surface area contributed by atoms with Crippen LogP contribution in [0.15, 0.2) is 24.5 Å². The number of benzene rings is 1. The lowest BCUT2D eigenvalue weighted by Gasteiger charge is -2.27. The second kappa shape index (κ2) is 5.14. The van der Waals surface area contributed by atoms with Crippen molar-refractivity contribution in [1.29, 1.82) is 0 Å². The third-order valence-electron chi connectivity index (χ3n) is 2.55. The average Bonchev–Trinajstić information content (AvgIpc) is 2.81. The lowest BCUT2D eigenvalue weighted by atomic mass is 9.93. The van der Waals surface area contributed by atoms with E-state index in [0.717, 1.165) is 23.1 Å². The Hall–Kier alpha value is -1.67. The first kappa shape index (κ1) is 13.8. The van der Waals surface area contributed by atoms with Crippen molar-refractivity contribution in [3.8, 4) is 0 Å². The molecule has 102 valence electrons. The summed E-state index contributed by atoms with van der Waals surface area (Å²) in [5, 5.41) is 20.0. The van der Waals surface area contributed by atoms with E-state index in [0.29, 0.717) is 0 Å². The Balaban J connectivity index is 2.43. The van der Waals surface area contributed by atoms with Crippen molar-refractivity contribution in [1.82, 2.24) is 20.2 Å². The van der Waals surface area contributed by atoms with Crippen LogP contribution in [0.25, 0.3) is 0 Å². The number of alkyl halides is 2. The molecular formula is C10H8ClF3N4O. The maximum Gasteiger partial charge on any atom is 0.272 e. The van der Waals surface area contributed by atoms with E-state index in [1.807, 2.05) is 0 Å². The van der Waals surface area contributed by atoms with Gasteiger partial charge in [-0.25, -0.2) is 17.9 Å². The molecule has 1 unspecified atom stereocenters. The van der Waals surface area contributed by atoms with Gasteiger partial charge in [-0.2, -0.15) is 0 Å². The standard InChI is InChI=1S/C10H8ClF3N4O/c11-6-1-2-7(8(12)3-6)10(19,9(13)14)4-18-5-15-16-17-18/h1-3,5,9,19H,4H2. The Bertz CT molecular complexity index is 566. The van der Waals surface area contributed by atoms with Crippen LogP contribution in [0.1, 0.15) is 5.56 Å². The van der Waals surface area contributed by atoms with E-state index in [1.165, 1.54) is 6.07 Å². The molecule has 5 nitrogen and oxygen atoms in total. The van der Waals surface area contributed by atoms with E-state index >= 15 is 0 Å². The van der Waals surface area contributed by atoms with Gasteiger partial charge in [0.2, 0.25) is 0 Å². The molecule has 0 aliphatic heterocycles. The summed E-state index contributed by atoms with van der Waals surface area (Å²) in [5.41, 5.74) is -3.31. The number of aromatic nitrogens is 4. The zero-order valence-electron chi connectivity index (χ0n) is 9.34. The van der Waals surface area contributed by atoms with E-state index in [1.54, 1.807) is 0 Å². The van der Waals surface area contributed by atoms with Crippen molar-refractivity contribution >= 4 is 11.6 Å². The van der Waals surface area contributed by atoms with Crippen LogP contribution in [0.2, 0.25) is 5.02 Å². The summed E-state index contributed by atoms with van der Waals surface area (Å²) < 4.78 is 40.8. The third kappa shape index (κ3) is 2.69. The van der Waals surface area contributed by atoms with E-state index < -0.39 is 30.0 Å². The molecule has 0 spiro atoms. The molecular weight excluding hydrogens is 285 g/mol. The summed E-state index contributed by atoms with van der Waals surface area (Å²) in [7, 11) is 0. The Morgan fingerprint density at radius 1 is 1.42 bits per heavy atom. The summed E-state index contributed by atoms with van der Waals surface area (Å²) in [5.74, 6) is -1.02. The number of hydrogen-bond acceptors (Lipinski definition) is 4. The molecule has 0 bridgehead atoms. The molecule has 19 heavy (non-hydrogen) atoms. The van der Waals surface area contributed by atoms with E-state index in [2.05, 4.69) is 15.5 Å². The molecule has 0 amide bonds. The first-order chi connectivity index (χ1) is 8.93. The van der Waals surface area contributed by atoms with Crippen LogP contribution in [0.4, 0.5) is 13.2 Å². The quantitative estimate of drug-likeness (QED) is 0.930. The highest BCUT2D eigenvalue weighted by atomic mass is 35.5. The Morgan fingerprint density at radius 3 is 2.68 bits per heavy atom. The zero-order chi connectivity index (χ0) is 14.0. The van der Waals surface area contributed by atoms with Crippen LogP contribution in [0.5, 0.6) is 0 Å². The van der Waals surface area contributed by atoms with Gasteiger partial charge in [-0.3, -0.25) is 0 Å². The minimum atomic E-state index is -3.23. The second-order valence-corrected chi connectivity index (χ2v) is 4.29. The van der Waals surface area contributed by atoms with Crippen LogP contribution < -0.4 is 0 Å². The first-order valence-electron chi connectivity index (χ1n) is 5.10. The molecule has 1 heterocycles. The summed E-state index contributed by atoms with van der Waals surface area (Å²) in [6.45, 7) is -0.684. The lowest BCUT2D eigenvalue weighted by Crippen LogP contribution is -2.40. The average molecular weight is 293 g/mol. The van der Waals surface area contributed by atoms with Crippen LogP contribution in [-0.4, -0.2) is 31.7 Å². The maximum atomic E-state index is 13.7. The molecule has 0 saturated heterocycles. The first-order valence-corrected chi connectivity index (χ1v) is 5.48. The monoisotopic (exact) mass is 292 g/mol. The molecule has 9 heteroatoms. The van der Waals surface area contributed by atoms with E-state index in [4.69, 9.17) is 11.6 Å². The van der Waals surface area contributed by atoms with Gasteiger partial charge in [0.05, 0.1) is 6.54 Å². The van der Waals surface area contributed by atoms with Gasteiger partial charge in [0.25, 0.3) is 6.43 Å². The number of halogens is 4. The van der Waals surface area contributed by atoms with Gasteiger partial charge in [0.1, 0.15) is 12.1 Å². The lowest BCUT2D eigenvalue weighted by molar-refractivity contribution is -0.116. The SMILES string of the molecule is OC(Cn1cnnn1)(c1ccc(Cl)cc1F)C(F)F. The largest absolute Gasteiger partial charge is 0.377 e. The van der Waals surface area contributed by atoms with Crippen molar-refractivity contribution in [2.75, 3.05) is 0 Å². The summed E-state index contributed by atoms with van der Waals surface area (Å²) in [6, 6.07) is 3.07. The summed E-state index contributed by atoms with van der Waals surface area (Å²) in [6.07, 6.45) is -2.19. The number of aliphatic hydroxyl groups is 1. The molecule has 0 fully saturated rings.